The van der Waals surface area contributed by atoms with E-state index in [0.717, 1.165) is 16.9 Å². The number of hydrogen-bond donors (Lipinski definition) is 2. The fourth-order valence-corrected chi connectivity index (χ4v) is 2.28. The van der Waals surface area contributed by atoms with E-state index in [9.17, 15) is 9.59 Å². The molecule has 1 aromatic carbocycles. The number of carboxylic acids is 1. The van der Waals surface area contributed by atoms with Gasteiger partial charge < -0.3 is 9.84 Å². The molecule has 0 saturated carbocycles. The van der Waals surface area contributed by atoms with Crippen LogP contribution in [0.25, 0.3) is 0 Å². The summed E-state index contributed by atoms with van der Waals surface area (Å²) in [7, 11) is 0. The molecule has 2 N–H and O–H groups in total. The number of thiazole rings is 1. The Morgan fingerprint density at radius 1 is 1.35 bits per heavy atom. The molecule has 0 aliphatic heterocycles. The number of nitrogens with one attached hydrogen (secondary N) is 1. The van der Waals surface area contributed by atoms with E-state index < -0.39 is 12.1 Å². The number of benzene rings is 1. The standard InChI is InChI=1S/C12H9ClN2O4S/c13-11-14-9(8(20-11)10(16)17)15-12(18)19-6-7-4-2-1-3-5-7/h1-5H,6H2,(H,15,18)(H,16,17). The highest BCUT2D eigenvalue weighted by Crippen LogP contribution is 2.26. The lowest BCUT2D eigenvalue weighted by Crippen LogP contribution is -2.15. The summed E-state index contributed by atoms with van der Waals surface area (Å²) >= 11 is 6.38. The topological polar surface area (TPSA) is 88.5 Å². The summed E-state index contributed by atoms with van der Waals surface area (Å²) < 4.78 is 4.98. The smallest absolute Gasteiger partial charge is 0.413 e. The minimum Gasteiger partial charge on any atom is -0.477 e. The van der Waals surface area contributed by atoms with Gasteiger partial charge in [0, 0.05) is 0 Å². The number of anilines is 1. The summed E-state index contributed by atoms with van der Waals surface area (Å²) in [5.41, 5.74) is 0.817. The molecule has 104 valence electrons. The molecule has 0 radical (unpaired) electrons. The molecule has 0 saturated heterocycles. The van der Waals surface area contributed by atoms with Crippen molar-refractivity contribution in [3.05, 3.63) is 45.2 Å². The highest BCUT2D eigenvalue weighted by atomic mass is 35.5. The number of carboxylic acid groups (broad SMARTS) is 1. The summed E-state index contributed by atoms with van der Waals surface area (Å²) in [5.74, 6) is -1.33. The molecule has 1 aromatic heterocycles. The minimum absolute atomic E-state index is 0.0285. The van der Waals surface area contributed by atoms with Crippen LogP contribution in [0.2, 0.25) is 4.47 Å². The van der Waals surface area contributed by atoms with E-state index in [4.69, 9.17) is 21.4 Å². The number of carbonyl (C=O) groups excluding carboxylic acids is 1. The molecule has 2 aromatic rings. The van der Waals surface area contributed by atoms with Crippen molar-refractivity contribution in [2.45, 2.75) is 6.61 Å². The van der Waals surface area contributed by atoms with Crippen LogP contribution in [0, 0.1) is 0 Å². The first kappa shape index (κ1) is 14.3. The minimum atomic E-state index is -1.22. The predicted octanol–water partition coefficient (Wildman–Crippen LogP) is 3.24. The predicted molar refractivity (Wildman–Crippen MR) is 74.3 cm³/mol. The molecule has 0 spiro atoms. The van der Waals surface area contributed by atoms with E-state index >= 15 is 0 Å². The summed E-state index contributed by atoms with van der Waals surface area (Å²) in [6.45, 7) is 0.0763. The Bertz CT molecular complexity index is 630. The molecule has 0 atom stereocenters. The van der Waals surface area contributed by atoms with Crippen LogP contribution in [-0.2, 0) is 11.3 Å². The van der Waals surface area contributed by atoms with Crippen molar-refractivity contribution >= 4 is 40.8 Å². The van der Waals surface area contributed by atoms with Crippen molar-refractivity contribution in [3.63, 3.8) is 0 Å². The van der Waals surface area contributed by atoms with Gasteiger partial charge in [0.25, 0.3) is 0 Å². The van der Waals surface area contributed by atoms with Crippen molar-refractivity contribution in [1.29, 1.82) is 0 Å². The molecular formula is C12H9ClN2O4S. The highest BCUT2D eigenvalue weighted by Gasteiger charge is 2.19. The maximum atomic E-state index is 11.6. The third kappa shape index (κ3) is 3.69. The van der Waals surface area contributed by atoms with Gasteiger partial charge in [-0.15, -0.1) is 0 Å². The van der Waals surface area contributed by atoms with Crippen molar-refractivity contribution in [2.24, 2.45) is 0 Å². The summed E-state index contributed by atoms with van der Waals surface area (Å²) in [5, 5.41) is 11.2. The van der Waals surface area contributed by atoms with Gasteiger partial charge in [-0.25, -0.2) is 14.6 Å². The normalized spacial score (nSPS) is 10.1. The number of aromatic nitrogens is 1. The average molecular weight is 313 g/mol. The zero-order valence-electron chi connectivity index (χ0n) is 10.00. The number of ether oxygens (including phenoxy) is 1. The van der Waals surface area contributed by atoms with E-state index in [1.165, 1.54) is 0 Å². The molecule has 0 aliphatic rings. The fourth-order valence-electron chi connectivity index (χ4n) is 1.38. The number of carbonyl (C=O) groups is 2. The molecule has 1 heterocycles. The van der Waals surface area contributed by atoms with Gasteiger partial charge in [0.15, 0.2) is 15.2 Å². The van der Waals surface area contributed by atoms with Gasteiger partial charge in [0.2, 0.25) is 0 Å². The van der Waals surface area contributed by atoms with Crippen molar-refractivity contribution < 1.29 is 19.4 Å². The first-order chi connectivity index (χ1) is 9.56. The maximum Gasteiger partial charge on any atom is 0.413 e. The lowest BCUT2D eigenvalue weighted by atomic mass is 10.2. The molecule has 0 fully saturated rings. The lowest BCUT2D eigenvalue weighted by molar-refractivity contribution is 0.0703. The van der Waals surface area contributed by atoms with Crippen LogP contribution in [0.5, 0.6) is 0 Å². The third-order valence-electron chi connectivity index (χ3n) is 2.23. The van der Waals surface area contributed by atoms with Gasteiger partial charge in [-0.3, -0.25) is 5.32 Å². The number of amides is 1. The molecule has 2 rings (SSSR count). The number of nitrogens with zero attached hydrogens (tertiary/aromatic N) is 1. The number of halogens is 1. The van der Waals surface area contributed by atoms with E-state index in [0.29, 0.717) is 0 Å². The quantitative estimate of drug-likeness (QED) is 0.904. The molecule has 0 aliphatic carbocycles. The Labute approximate surface area is 123 Å². The second-order valence-corrected chi connectivity index (χ2v) is 5.22. The fraction of sp³-hybridized carbons (Fsp3) is 0.0833. The van der Waals surface area contributed by atoms with Crippen LogP contribution >= 0.6 is 22.9 Å². The van der Waals surface area contributed by atoms with Crippen LogP contribution in [0.4, 0.5) is 10.6 Å². The van der Waals surface area contributed by atoms with Crippen molar-refractivity contribution in [3.8, 4) is 0 Å². The molecule has 1 amide bonds. The Kier molecular flexibility index (Phi) is 4.54. The summed E-state index contributed by atoms with van der Waals surface area (Å²) in [4.78, 5) is 26.1. The van der Waals surface area contributed by atoms with Crippen LogP contribution < -0.4 is 5.32 Å². The molecule has 6 nitrogen and oxygen atoms in total. The van der Waals surface area contributed by atoms with Gasteiger partial charge in [-0.1, -0.05) is 53.3 Å². The second kappa shape index (κ2) is 6.36. The van der Waals surface area contributed by atoms with E-state index in [1.54, 1.807) is 12.1 Å². The molecule has 0 bridgehead atoms. The average Bonchev–Trinajstić information content (AvgIpc) is 2.79. The Balaban J connectivity index is 1.96. The number of aromatic carboxylic acids is 1. The molecular weight excluding hydrogens is 304 g/mol. The van der Waals surface area contributed by atoms with Gasteiger partial charge in [0.05, 0.1) is 0 Å². The molecule has 8 heteroatoms. The van der Waals surface area contributed by atoms with Crippen LogP contribution in [0.3, 0.4) is 0 Å². The largest absolute Gasteiger partial charge is 0.477 e. The molecule has 20 heavy (non-hydrogen) atoms. The highest BCUT2D eigenvalue weighted by molar-refractivity contribution is 7.18. The maximum absolute atomic E-state index is 11.6. The van der Waals surface area contributed by atoms with E-state index in [-0.39, 0.29) is 21.8 Å². The van der Waals surface area contributed by atoms with Crippen LogP contribution in [0.15, 0.2) is 30.3 Å². The monoisotopic (exact) mass is 312 g/mol. The van der Waals surface area contributed by atoms with Crippen molar-refractivity contribution in [1.82, 2.24) is 4.98 Å². The number of rotatable bonds is 4. The zero-order valence-corrected chi connectivity index (χ0v) is 11.6. The van der Waals surface area contributed by atoms with Crippen molar-refractivity contribution in [2.75, 3.05) is 5.32 Å². The van der Waals surface area contributed by atoms with Gasteiger partial charge in [0.1, 0.15) is 6.61 Å². The van der Waals surface area contributed by atoms with Crippen LogP contribution in [0.1, 0.15) is 15.2 Å². The van der Waals surface area contributed by atoms with Crippen LogP contribution in [-0.4, -0.2) is 22.2 Å². The lowest BCUT2D eigenvalue weighted by Gasteiger charge is -2.05. The third-order valence-corrected chi connectivity index (χ3v) is 3.38. The first-order valence-corrected chi connectivity index (χ1v) is 6.63. The molecule has 0 unspecified atom stereocenters. The van der Waals surface area contributed by atoms with E-state index in [1.807, 2.05) is 18.2 Å². The van der Waals surface area contributed by atoms with E-state index in [2.05, 4.69) is 10.3 Å². The van der Waals surface area contributed by atoms with Gasteiger partial charge >= 0.3 is 12.1 Å². The Hall–Kier alpha value is -2.12. The Morgan fingerprint density at radius 2 is 2.05 bits per heavy atom. The van der Waals surface area contributed by atoms with Gasteiger partial charge in [-0.2, -0.15) is 0 Å². The second-order valence-electron chi connectivity index (χ2n) is 3.64. The zero-order chi connectivity index (χ0) is 14.5. The summed E-state index contributed by atoms with van der Waals surface area (Å²) in [6.07, 6.45) is -0.793. The van der Waals surface area contributed by atoms with Gasteiger partial charge in [-0.05, 0) is 5.56 Å². The Morgan fingerprint density at radius 3 is 2.70 bits per heavy atom. The SMILES string of the molecule is O=C(Nc1nc(Cl)sc1C(=O)O)OCc1ccccc1. The number of hydrogen-bond acceptors (Lipinski definition) is 5. The first-order valence-electron chi connectivity index (χ1n) is 5.43. The summed E-state index contributed by atoms with van der Waals surface area (Å²) in [6, 6.07) is 9.09.